The molecule has 110 valence electrons. The third-order valence-corrected chi connectivity index (χ3v) is 5.48. The molecule has 2 rings (SSSR count). The molecule has 0 saturated carbocycles. The zero-order valence-electron chi connectivity index (χ0n) is 12.1. The van der Waals surface area contributed by atoms with Gasteiger partial charge in [0.1, 0.15) is 0 Å². The minimum absolute atomic E-state index is 0.279. The number of benzene rings is 1. The standard InChI is InChI=1S/C15H21NO3S/c1-10(2)8-11(3)20(18,19)16-15(17)14-9-12-6-4-5-7-13(12)14/h4-7,10-11,14H,8-9H2,1-3H3,(H,16,17)/t11-,14-/m1/s1. The van der Waals surface area contributed by atoms with Crippen LogP contribution in [0.15, 0.2) is 24.3 Å². The molecule has 2 atom stereocenters. The molecule has 1 aliphatic rings. The van der Waals surface area contributed by atoms with Crippen molar-refractivity contribution in [3.05, 3.63) is 35.4 Å². The van der Waals surface area contributed by atoms with Crippen LogP contribution in [0.1, 0.15) is 44.2 Å². The lowest BCUT2D eigenvalue weighted by molar-refractivity contribution is -0.121. The van der Waals surface area contributed by atoms with Gasteiger partial charge in [-0.2, -0.15) is 0 Å². The molecule has 0 saturated heterocycles. The summed E-state index contributed by atoms with van der Waals surface area (Å²) in [6.45, 7) is 5.58. The number of rotatable bonds is 5. The molecule has 0 heterocycles. The molecule has 1 amide bonds. The maximum atomic E-state index is 12.1. The van der Waals surface area contributed by atoms with Gasteiger partial charge in [-0.25, -0.2) is 8.42 Å². The first-order valence-electron chi connectivity index (χ1n) is 6.94. The summed E-state index contributed by atoms with van der Waals surface area (Å²) >= 11 is 0. The van der Waals surface area contributed by atoms with E-state index >= 15 is 0 Å². The minimum Gasteiger partial charge on any atom is -0.273 e. The highest BCUT2D eigenvalue weighted by Gasteiger charge is 2.35. The van der Waals surface area contributed by atoms with Crippen molar-refractivity contribution in [3.63, 3.8) is 0 Å². The first kappa shape index (κ1) is 15.0. The number of hydrogen-bond acceptors (Lipinski definition) is 3. The quantitative estimate of drug-likeness (QED) is 0.906. The maximum absolute atomic E-state index is 12.1. The van der Waals surface area contributed by atoms with Gasteiger partial charge in [0, 0.05) is 0 Å². The number of carbonyl (C=O) groups is 1. The van der Waals surface area contributed by atoms with Crippen LogP contribution >= 0.6 is 0 Å². The lowest BCUT2D eigenvalue weighted by Crippen LogP contribution is -2.42. The topological polar surface area (TPSA) is 63.2 Å². The van der Waals surface area contributed by atoms with E-state index < -0.39 is 21.2 Å². The van der Waals surface area contributed by atoms with Crippen LogP contribution in [0.4, 0.5) is 0 Å². The molecule has 0 aliphatic heterocycles. The Morgan fingerprint density at radius 2 is 1.95 bits per heavy atom. The van der Waals surface area contributed by atoms with Crippen molar-refractivity contribution < 1.29 is 13.2 Å². The van der Waals surface area contributed by atoms with E-state index in [4.69, 9.17) is 0 Å². The van der Waals surface area contributed by atoms with Crippen molar-refractivity contribution in [2.75, 3.05) is 0 Å². The van der Waals surface area contributed by atoms with Gasteiger partial charge < -0.3 is 0 Å². The second-order valence-electron chi connectivity index (χ2n) is 5.91. The number of carbonyl (C=O) groups excluding carboxylic acids is 1. The summed E-state index contributed by atoms with van der Waals surface area (Å²) in [7, 11) is -3.58. The maximum Gasteiger partial charge on any atom is 0.241 e. The van der Waals surface area contributed by atoms with Crippen LogP contribution in [0.5, 0.6) is 0 Å². The molecule has 0 unspecified atom stereocenters. The Kier molecular flexibility index (Phi) is 4.18. The minimum atomic E-state index is -3.58. The molecule has 5 heteroatoms. The molecular weight excluding hydrogens is 274 g/mol. The van der Waals surface area contributed by atoms with Gasteiger partial charge in [0.25, 0.3) is 0 Å². The van der Waals surface area contributed by atoms with Crippen molar-refractivity contribution in [1.82, 2.24) is 4.72 Å². The first-order chi connectivity index (χ1) is 9.31. The molecule has 20 heavy (non-hydrogen) atoms. The highest BCUT2D eigenvalue weighted by Crippen LogP contribution is 2.35. The van der Waals surface area contributed by atoms with E-state index in [1.165, 1.54) is 0 Å². The highest BCUT2D eigenvalue weighted by molar-refractivity contribution is 7.90. The summed E-state index contributed by atoms with van der Waals surface area (Å²) in [5.41, 5.74) is 2.07. The third-order valence-electron chi connectivity index (χ3n) is 3.75. The number of amides is 1. The fourth-order valence-electron chi connectivity index (χ4n) is 2.60. The summed E-state index contributed by atoms with van der Waals surface area (Å²) in [4.78, 5) is 12.1. The summed E-state index contributed by atoms with van der Waals surface area (Å²) in [6, 6.07) is 7.64. The van der Waals surface area contributed by atoms with E-state index in [1.54, 1.807) is 6.92 Å². The lowest BCUT2D eigenvalue weighted by Gasteiger charge is -2.29. The molecule has 1 aromatic carbocycles. The van der Waals surface area contributed by atoms with E-state index in [0.29, 0.717) is 12.8 Å². The van der Waals surface area contributed by atoms with Gasteiger partial charge in [-0.1, -0.05) is 38.1 Å². The van der Waals surface area contributed by atoms with E-state index in [-0.39, 0.29) is 11.8 Å². The Balaban J connectivity index is 2.03. The second-order valence-corrected chi connectivity index (χ2v) is 8.01. The van der Waals surface area contributed by atoms with Crippen molar-refractivity contribution in [2.24, 2.45) is 5.92 Å². The molecule has 1 aromatic rings. The Labute approximate surface area is 120 Å². The second kappa shape index (κ2) is 5.56. The van der Waals surface area contributed by atoms with Crippen LogP contribution in [0, 0.1) is 5.92 Å². The first-order valence-corrected chi connectivity index (χ1v) is 8.49. The molecule has 0 bridgehead atoms. The van der Waals surface area contributed by atoms with Gasteiger partial charge in [-0.15, -0.1) is 0 Å². The van der Waals surface area contributed by atoms with Crippen molar-refractivity contribution in [2.45, 2.75) is 44.8 Å². The molecular formula is C15H21NO3S. The molecule has 0 fully saturated rings. The molecule has 0 spiro atoms. The Bertz CT molecular complexity index is 607. The van der Waals surface area contributed by atoms with Crippen LogP contribution in [-0.4, -0.2) is 19.6 Å². The lowest BCUT2D eigenvalue weighted by atomic mass is 9.77. The van der Waals surface area contributed by atoms with Crippen molar-refractivity contribution in [3.8, 4) is 0 Å². The SMILES string of the molecule is CC(C)C[C@@H](C)S(=O)(=O)NC(=O)[C@@H]1Cc2ccccc21. The highest BCUT2D eigenvalue weighted by atomic mass is 32.2. The average molecular weight is 295 g/mol. The molecule has 0 aromatic heterocycles. The molecule has 4 nitrogen and oxygen atoms in total. The van der Waals surface area contributed by atoms with Crippen LogP contribution in [-0.2, 0) is 21.2 Å². The van der Waals surface area contributed by atoms with Gasteiger partial charge >= 0.3 is 0 Å². The van der Waals surface area contributed by atoms with Gasteiger partial charge in [0.15, 0.2) is 0 Å². The van der Waals surface area contributed by atoms with E-state index in [1.807, 2.05) is 38.1 Å². The van der Waals surface area contributed by atoms with E-state index in [2.05, 4.69) is 4.72 Å². The van der Waals surface area contributed by atoms with Crippen LogP contribution < -0.4 is 4.72 Å². The average Bonchev–Trinajstić information content (AvgIpc) is 2.29. The van der Waals surface area contributed by atoms with Crippen LogP contribution in [0.2, 0.25) is 0 Å². The van der Waals surface area contributed by atoms with Gasteiger partial charge in [0.2, 0.25) is 15.9 Å². The predicted molar refractivity (Wildman–Crippen MR) is 78.9 cm³/mol. The van der Waals surface area contributed by atoms with E-state index in [0.717, 1.165) is 11.1 Å². The zero-order chi connectivity index (χ0) is 14.9. The van der Waals surface area contributed by atoms with E-state index in [9.17, 15) is 13.2 Å². The monoisotopic (exact) mass is 295 g/mol. The zero-order valence-corrected chi connectivity index (χ0v) is 12.9. The van der Waals surface area contributed by atoms with Crippen LogP contribution in [0.3, 0.4) is 0 Å². The largest absolute Gasteiger partial charge is 0.273 e. The third kappa shape index (κ3) is 3.03. The van der Waals surface area contributed by atoms with Gasteiger partial charge in [-0.3, -0.25) is 9.52 Å². The normalized spacial score (nSPS) is 19.1. The van der Waals surface area contributed by atoms with Gasteiger partial charge in [0.05, 0.1) is 11.2 Å². The number of fused-ring (bicyclic) bond motifs is 1. The Morgan fingerprint density at radius 3 is 2.55 bits per heavy atom. The fraction of sp³-hybridized carbons (Fsp3) is 0.533. The predicted octanol–water partition coefficient (Wildman–Crippen LogP) is 2.21. The summed E-state index contributed by atoms with van der Waals surface area (Å²) < 4.78 is 26.4. The number of hydrogen-bond donors (Lipinski definition) is 1. The smallest absolute Gasteiger partial charge is 0.241 e. The Morgan fingerprint density at radius 1 is 1.30 bits per heavy atom. The molecule has 0 radical (unpaired) electrons. The van der Waals surface area contributed by atoms with Gasteiger partial charge in [-0.05, 0) is 36.8 Å². The number of sulfonamides is 1. The summed E-state index contributed by atoms with van der Waals surface area (Å²) in [5.74, 6) is -0.451. The fourth-order valence-corrected chi connectivity index (χ4v) is 3.86. The number of nitrogens with one attached hydrogen (secondary N) is 1. The molecule has 1 N–H and O–H groups in total. The van der Waals surface area contributed by atoms with Crippen LogP contribution in [0.25, 0.3) is 0 Å². The Hall–Kier alpha value is -1.36. The summed E-state index contributed by atoms with van der Waals surface area (Å²) in [5, 5.41) is -0.554. The van der Waals surface area contributed by atoms with Crippen molar-refractivity contribution >= 4 is 15.9 Å². The molecule has 1 aliphatic carbocycles. The van der Waals surface area contributed by atoms with Crippen molar-refractivity contribution in [1.29, 1.82) is 0 Å². The summed E-state index contributed by atoms with van der Waals surface area (Å²) in [6.07, 6.45) is 1.17.